The van der Waals surface area contributed by atoms with Crippen LogP contribution in [0, 0.1) is 0 Å². The van der Waals surface area contributed by atoms with Gasteiger partial charge in [-0.25, -0.2) is 9.78 Å². The van der Waals surface area contributed by atoms with Gasteiger partial charge < -0.3 is 20.3 Å². The maximum Gasteiger partial charge on any atom is 0.318 e. The minimum Gasteiger partial charge on any atom is -0.394 e. The number of aromatic amines is 1. The summed E-state index contributed by atoms with van der Waals surface area (Å²) in [4.78, 5) is 21.1. The molecule has 20 heavy (non-hydrogen) atoms. The first-order valence-electron chi connectivity index (χ1n) is 6.61. The third-order valence-electron chi connectivity index (χ3n) is 3.40. The van der Waals surface area contributed by atoms with Crippen LogP contribution in [0.3, 0.4) is 0 Å². The van der Waals surface area contributed by atoms with Gasteiger partial charge in [0.15, 0.2) is 0 Å². The number of carbonyl (C=O) groups excluding carboxylic acids is 1. The van der Waals surface area contributed by atoms with Gasteiger partial charge >= 0.3 is 6.03 Å². The fourth-order valence-corrected chi connectivity index (χ4v) is 1.86. The molecular formula is C14H20N4O2. The van der Waals surface area contributed by atoms with E-state index in [9.17, 15) is 4.79 Å². The highest BCUT2D eigenvalue weighted by atomic mass is 16.3. The first-order valence-corrected chi connectivity index (χ1v) is 6.61. The van der Waals surface area contributed by atoms with Crippen molar-refractivity contribution in [1.29, 1.82) is 0 Å². The van der Waals surface area contributed by atoms with Gasteiger partial charge in [0.1, 0.15) is 5.82 Å². The van der Waals surface area contributed by atoms with Crippen LogP contribution >= 0.6 is 0 Å². The smallest absolute Gasteiger partial charge is 0.318 e. The molecule has 2 aromatic rings. The van der Waals surface area contributed by atoms with E-state index in [0.29, 0.717) is 5.82 Å². The summed E-state index contributed by atoms with van der Waals surface area (Å²) in [5, 5.41) is 11.9. The lowest BCUT2D eigenvalue weighted by Crippen LogP contribution is -2.44. The molecule has 2 unspecified atom stereocenters. The van der Waals surface area contributed by atoms with Gasteiger partial charge in [0, 0.05) is 7.05 Å². The summed E-state index contributed by atoms with van der Waals surface area (Å²) in [5.74, 6) is 0.713. The fourth-order valence-electron chi connectivity index (χ4n) is 1.86. The van der Waals surface area contributed by atoms with Crippen LogP contribution in [0.25, 0.3) is 11.0 Å². The summed E-state index contributed by atoms with van der Waals surface area (Å²) >= 11 is 0. The van der Waals surface area contributed by atoms with Crippen LogP contribution in [-0.4, -0.2) is 45.7 Å². The summed E-state index contributed by atoms with van der Waals surface area (Å²) in [6, 6.07) is 7.03. The van der Waals surface area contributed by atoms with Crippen LogP contribution in [0.1, 0.15) is 25.7 Å². The lowest BCUT2D eigenvalue weighted by Gasteiger charge is -2.25. The van der Waals surface area contributed by atoms with Crippen molar-refractivity contribution >= 4 is 17.1 Å². The number of aromatic nitrogens is 2. The second-order valence-corrected chi connectivity index (χ2v) is 4.95. The molecule has 0 bridgehead atoms. The number of hydrogen-bond acceptors (Lipinski definition) is 3. The molecule has 6 heteroatoms. The quantitative estimate of drug-likeness (QED) is 0.794. The third-order valence-corrected chi connectivity index (χ3v) is 3.40. The highest BCUT2D eigenvalue weighted by Crippen LogP contribution is 2.15. The number of para-hydroxylation sites is 2. The summed E-state index contributed by atoms with van der Waals surface area (Å²) < 4.78 is 0. The molecule has 0 spiro atoms. The van der Waals surface area contributed by atoms with Crippen LogP contribution < -0.4 is 5.32 Å². The van der Waals surface area contributed by atoms with Crippen molar-refractivity contribution in [2.75, 3.05) is 13.7 Å². The molecule has 108 valence electrons. The molecule has 3 N–H and O–H groups in total. The molecule has 0 fully saturated rings. The molecule has 0 saturated heterocycles. The second kappa shape index (κ2) is 5.92. The van der Waals surface area contributed by atoms with Gasteiger partial charge in [-0.15, -0.1) is 0 Å². The van der Waals surface area contributed by atoms with E-state index in [1.54, 1.807) is 14.0 Å². The van der Waals surface area contributed by atoms with Gasteiger partial charge in [-0.2, -0.15) is 0 Å². The molecule has 1 aromatic carbocycles. The van der Waals surface area contributed by atoms with Crippen molar-refractivity contribution < 1.29 is 9.90 Å². The van der Waals surface area contributed by atoms with E-state index >= 15 is 0 Å². The van der Waals surface area contributed by atoms with E-state index in [1.165, 1.54) is 4.90 Å². The first kappa shape index (κ1) is 14.3. The number of rotatable bonds is 4. The van der Waals surface area contributed by atoms with E-state index in [-0.39, 0.29) is 24.7 Å². The second-order valence-electron chi connectivity index (χ2n) is 4.95. The number of carbonyl (C=O) groups is 1. The average Bonchev–Trinajstić information content (AvgIpc) is 2.89. The zero-order valence-electron chi connectivity index (χ0n) is 11.9. The van der Waals surface area contributed by atoms with E-state index in [2.05, 4.69) is 15.3 Å². The number of urea groups is 1. The van der Waals surface area contributed by atoms with Crippen molar-refractivity contribution in [2.45, 2.75) is 25.9 Å². The van der Waals surface area contributed by atoms with Gasteiger partial charge in [-0.1, -0.05) is 12.1 Å². The lowest BCUT2D eigenvalue weighted by atomic mass is 10.3. The van der Waals surface area contributed by atoms with Crippen molar-refractivity contribution in [2.24, 2.45) is 0 Å². The maximum atomic E-state index is 12.0. The van der Waals surface area contributed by atoms with Gasteiger partial charge in [-0.05, 0) is 26.0 Å². The van der Waals surface area contributed by atoms with Crippen molar-refractivity contribution in [1.82, 2.24) is 20.2 Å². The van der Waals surface area contributed by atoms with Crippen molar-refractivity contribution in [3.63, 3.8) is 0 Å². The van der Waals surface area contributed by atoms with Crippen LogP contribution in [0.5, 0.6) is 0 Å². The topological polar surface area (TPSA) is 81.2 Å². The number of benzene rings is 1. The third kappa shape index (κ3) is 2.91. The monoisotopic (exact) mass is 276 g/mol. The Hall–Kier alpha value is -2.08. The number of nitrogens with one attached hydrogen (secondary N) is 2. The van der Waals surface area contributed by atoms with Crippen LogP contribution in [0.2, 0.25) is 0 Å². The Bertz CT molecular complexity index is 563. The van der Waals surface area contributed by atoms with E-state index in [4.69, 9.17) is 5.11 Å². The van der Waals surface area contributed by atoms with Crippen LogP contribution in [-0.2, 0) is 0 Å². The van der Waals surface area contributed by atoms with Crippen LogP contribution in [0.4, 0.5) is 4.79 Å². The summed E-state index contributed by atoms with van der Waals surface area (Å²) in [6.07, 6.45) is 0. The van der Waals surface area contributed by atoms with Crippen molar-refractivity contribution in [3.8, 4) is 0 Å². The highest BCUT2D eigenvalue weighted by molar-refractivity contribution is 5.76. The van der Waals surface area contributed by atoms with Gasteiger partial charge in [-0.3, -0.25) is 0 Å². The number of fused-ring (bicyclic) bond motifs is 1. The Kier molecular flexibility index (Phi) is 4.24. The minimum atomic E-state index is -0.237. The Morgan fingerprint density at radius 2 is 2.15 bits per heavy atom. The molecule has 0 aliphatic carbocycles. The molecular weight excluding hydrogens is 256 g/mol. The predicted molar refractivity (Wildman–Crippen MR) is 77.4 cm³/mol. The number of H-pyrrole nitrogens is 1. The molecule has 6 nitrogen and oxygen atoms in total. The van der Waals surface area contributed by atoms with Gasteiger partial charge in [0.05, 0.1) is 29.7 Å². The minimum absolute atomic E-state index is 0.0665. The van der Waals surface area contributed by atoms with Gasteiger partial charge in [0.25, 0.3) is 0 Å². The van der Waals surface area contributed by atoms with Gasteiger partial charge in [0.2, 0.25) is 0 Å². The standard InChI is InChI=1S/C14H20N4O2/c1-9(8-19)18(3)14(20)15-10(2)13-16-11-6-4-5-7-12(11)17-13/h4-7,9-10,19H,8H2,1-3H3,(H,15,20)(H,16,17). The molecule has 1 aromatic heterocycles. The van der Waals surface area contributed by atoms with E-state index in [0.717, 1.165) is 11.0 Å². The number of amides is 2. The molecule has 0 aliphatic heterocycles. The predicted octanol–water partition coefficient (Wildman–Crippen LogP) is 1.65. The van der Waals surface area contributed by atoms with Crippen LogP contribution in [0.15, 0.2) is 24.3 Å². The Balaban J connectivity index is 2.07. The average molecular weight is 276 g/mol. The zero-order valence-corrected chi connectivity index (χ0v) is 11.9. The number of imidazole rings is 1. The largest absolute Gasteiger partial charge is 0.394 e. The molecule has 2 rings (SSSR count). The maximum absolute atomic E-state index is 12.0. The molecule has 2 amide bonds. The molecule has 0 aliphatic rings. The molecule has 0 radical (unpaired) electrons. The number of aliphatic hydroxyl groups is 1. The Morgan fingerprint density at radius 1 is 1.45 bits per heavy atom. The lowest BCUT2D eigenvalue weighted by molar-refractivity contribution is 0.155. The molecule has 2 atom stereocenters. The number of nitrogens with zero attached hydrogens (tertiary/aromatic N) is 2. The number of hydrogen-bond donors (Lipinski definition) is 3. The van der Waals surface area contributed by atoms with E-state index < -0.39 is 0 Å². The van der Waals surface area contributed by atoms with E-state index in [1.807, 2.05) is 31.2 Å². The first-order chi connectivity index (χ1) is 9.52. The summed E-state index contributed by atoms with van der Waals surface area (Å²) in [5.41, 5.74) is 1.82. The SMILES string of the molecule is CC(NC(=O)N(C)C(C)CO)c1nc2ccccc2[nH]1. The zero-order chi connectivity index (χ0) is 14.7. The molecule has 0 saturated carbocycles. The normalized spacial score (nSPS) is 14.0. The summed E-state index contributed by atoms with van der Waals surface area (Å²) in [6.45, 7) is 3.58. The Labute approximate surface area is 117 Å². The Morgan fingerprint density at radius 3 is 2.80 bits per heavy atom. The number of likely N-dealkylation sites (N-methyl/N-ethyl adjacent to an activating group) is 1. The number of aliphatic hydroxyl groups excluding tert-OH is 1. The highest BCUT2D eigenvalue weighted by Gasteiger charge is 2.19. The summed E-state index contributed by atoms with van der Waals surface area (Å²) in [7, 11) is 1.65. The fraction of sp³-hybridized carbons (Fsp3) is 0.429. The van der Waals surface area contributed by atoms with Crippen molar-refractivity contribution in [3.05, 3.63) is 30.1 Å². The molecule has 1 heterocycles.